The zero-order valence-corrected chi connectivity index (χ0v) is 10.2. The molecule has 0 aliphatic rings. The van der Waals surface area contributed by atoms with Gasteiger partial charge in [0.2, 0.25) is 0 Å². The van der Waals surface area contributed by atoms with Crippen molar-refractivity contribution in [2.75, 3.05) is 0 Å². The lowest BCUT2D eigenvalue weighted by molar-refractivity contribution is 0.176. The normalized spacial score (nSPS) is 12.7. The number of aliphatic hydroxyl groups is 1. The molecule has 1 aromatic carbocycles. The Bertz CT molecular complexity index is 566. The molecule has 3 nitrogen and oxygen atoms in total. The summed E-state index contributed by atoms with van der Waals surface area (Å²) in [5.41, 5.74) is 1.59. The Labute approximate surface area is 104 Å². The fourth-order valence-electron chi connectivity index (χ4n) is 1.87. The van der Waals surface area contributed by atoms with Crippen LogP contribution in [-0.4, -0.2) is 14.9 Å². The van der Waals surface area contributed by atoms with Crippen LogP contribution < -0.4 is 0 Å². The van der Waals surface area contributed by atoms with Crippen LogP contribution >= 0.6 is 0 Å². The summed E-state index contributed by atoms with van der Waals surface area (Å²) in [5.74, 6) is -1.80. The van der Waals surface area contributed by atoms with Gasteiger partial charge in [0.25, 0.3) is 0 Å². The number of aliphatic hydroxyl groups excluding tert-OH is 1. The summed E-state index contributed by atoms with van der Waals surface area (Å²) >= 11 is 0. The van der Waals surface area contributed by atoms with Gasteiger partial charge in [-0.05, 0) is 18.6 Å². The molecular formula is C13H14F2N2O. The van der Waals surface area contributed by atoms with Crippen molar-refractivity contribution in [2.45, 2.75) is 19.4 Å². The lowest BCUT2D eigenvalue weighted by Gasteiger charge is -2.11. The molecule has 0 aliphatic heterocycles. The quantitative estimate of drug-likeness (QED) is 0.910. The topological polar surface area (TPSA) is 38.1 Å². The van der Waals surface area contributed by atoms with E-state index in [9.17, 15) is 13.9 Å². The Balaban J connectivity index is 2.24. The van der Waals surface area contributed by atoms with E-state index in [2.05, 4.69) is 5.10 Å². The van der Waals surface area contributed by atoms with E-state index in [0.29, 0.717) is 5.56 Å². The molecule has 0 aliphatic carbocycles. The SMILES string of the molecule is Cc1c(C(O)Cc2cccc(F)c2F)cnn1C. The number of benzene rings is 1. The van der Waals surface area contributed by atoms with E-state index >= 15 is 0 Å². The second kappa shape index (κ2) is 4.86. The van der Waals surface area contributed by atoms with Crippen LogP contribution in [-0.2, 0) is 13.5 Å². The minimum Gasteiger partial charge on any atom is -0.388 e. The molecule has 5 heteroatoms. The maximum Gasteiger partial charge on any atom is 0.162 e. The molecule has 1 heterocycles. The summed E-state index contributed by atoms with van der Waals surface area (Å²) in [6.45, 7) is 1.81. The summed E-state index contributed by atoms with van der Waals surface area (Å²) in [5, 5.41) is 14.0. The summed E-state index contributed by atoms with van der Waals surface area (Å²) in [7, 11) is 1.76. The first kappa shape index (κ1) is 12.7. The predicted octanol–water partition coefficient (Wildman–Crippen LogP) is 2.28. The third kappa shape index (κ3) is 2.26. The van der Waals surface area contributed by atoms with Crippen molar-refractivity contribution in [3.63, 3.8) is 0 Å². The first-order chi connectivity index (χ1) is 8.50. The zero-order valence-electron chi connectivity index (χ0n) is 10.2. The van der Waals surface area contributed by atoms with Crippen molar-refractivity contribution < 1.29 is 13.9 Å². The van der Waals surface area contributed by atoms with Gasteiger partial charge in [-0.3, -0.25) is 4.68 Å². The van der Waals surface area contributed by atoms with Crippen LogP contribution in [0, 0.1) is 18.6 Å². The van der Waals surface area contributed by atoms with Crippen molar-refractivity contribution >= 4 is 0 Å². The Morgan fingerprint density at radius 3 is 2.72 bits per heavy atom. The fourth-order valence-corrected chi connectivity index (χ4v) is 1.87. The van der Waals surface area contributed by atoms with Crippen LogP contribution in [0.5, 0.6) is 0 Å². The Morgan fingerprint density at radius 1 is 1.39 bits per heavy atom. The van der Waals surface area contributed by atoms with E-state index in [1.165, 1.54) is 18.3 Å². The van der Waals surface area contributed by atoms with Crippen LogP contribution in [0.3, 0.4) is 0 Å². The van der Waals surface area contributed by atoms with Gasteiger partial charge in [0, 0.05) is 24.7 Å². The third-order valence-electron chi connectivity index (χ3n) is 3.08. The molecule has 18 heavy (non-hydrogen) atoms. The zero-order chi connectivity index (χ0) is 13.3. The first-order valence-corrected chi connectivity index (χ1v) is 5.60. The maximum absolute atomic E-state index is 13.5. The van der Waals surface area contributed by atoms with Crippen molar-refractivity contribution in [3.05, 3.63) is 52.9 Å². The van der Waals surface area contributed by atoms with Crippen LogP contribution in [0.4, 0.5) is 8.78 Å². The van der Waals surface area contributed by atoms with Crippen LogP contribution in [0.1, 0.15) is 22.9 Å². The van der Waals surface area contributed by atoms with Gasteiger partial charge in [0.15, 0.2) is 11.6 Å². The minimum atomic E-state index is -0.905. The molecule has 0 bridgehead atoms. The average molecular weight is 252 g/mol. The summed E-state index contributed by atoms with van der Waals surface area (Å²) in [6.07, 6.45) is 0.669. The number of hydrogen-bond donors (Lipinski definition) is 1. The molecule has 1 N–H and O–H groups in total. The van der Waals surface area contributed by atoms with Gasteiger partial charge in [-0.15, -0.1) is 0 Å². The molecule has 0 amide bonds. The molecule has 2 rings (SSSR count). The van der Waals surface area contributed by atoms with E-state index in [1.807, 2.05) is 6.92 Å². The Hall–Kier alpha value is -1.75. The second-order valence-corrected chi connectivity index (χ2v) is 4.24. The van der Waals surface area contributed by atoms with E-state index in [1.54, 1.807) is 11.7 Å². The van der Waals surface area contributed by atoms with E-state index in [-0.39, 0.29) is 12.0 Å². The second-order valence-electron chi connectivity index (χ2n) is 4.24. The molecule has 2 aromatic rings. The predicted molar refractivity (Wildman–Crippen MR) is 63.0 cm³/mol. The van der Waals surface area contributed by atoms with Gasteiger partial charge in [0.1, 0.15) is 0 Å². The highest BCUT2D eigenvalue weighted by Gasteiger charge is 2.17. The summed E-state index contributed by atoms with van der Waals surface area (Å²) < 4.78 is 28.1. The molecule has 0 spiro atoms. The molecule has 96 valence electrons. The van der Waals surface area contributed by atoms with Gasteiger partial charge >= 0.3 is 0 Å². The van der Waals surface area contributed by atoms with Crippen LogP contribution in [0.15, 0.2) is 24.4 Å². The lowest BCUT2D eigenvalue weighted by Crippen LogP contribution is -2.06. The largest absolute Gasteiger partial charge is 0.388 e. The lowest BCUT2D eigenvalue weighted by atomic mass is 10.0. The van der Waals surface area contributed by atoms with Gasteiger partial charge in [-0.1, -0.05) is 12.1 Å². The Kier molecular flexibility index (Phi) is 3.43. The third-order valence-corrected chi connectivity index (χ3v) is 3.08. The van der Waals surface area contributed by atoms with Gasteiger partial charge in [-0.2, -0.15) is 5.10 Å². The number of hydrogen-bond acceptors (Lipinski definition) is 2. The van der Waals surface area contributed by atoms with Crippen molar-refractivity contribution in [1.82, 2.24) is 9.78 Å². The molecule has 0 radical (unpaired) electrons. The number of rotatable bonds is 3. The van der Waals surface area contributed by atoms with Gasteiger partial charge in [0.05, 0.1) is 12.3 Å². The van der Waals surface area contributed by atoms with Crippen LogP contribution in [0.2, 0.25) is 0 Å². The van der Waals surface area contributed by atoms with Gasteiger partial charge in [-0.25, -0.2) is 8.78 Å². The molecule has 0 saturated heterocycles. The fraction of sp³-hybridized carbons (Fsp3) is 0.308. The van der Waals surface area contributed by atoms with Crippen molar-refractivity contribution in [2.24, 2.45) is 7.05 Å². The number of aromatic nitrogens is 2. The highest BCUT2D eigenvalue weighted by molar-refractivity contribution is 5.25. The van der Waals surface area contributed by atoms with Crippen molar-refractivity contribution in [1.29, 1.82) is 0 Å². The summed E-state index contributed by atoms with van der Waals surface area (Å²) in [4.78, 5) is 0. The number of nitrogens with zero attached hydrogens (tertiary/aromatic N) is 2. The molecular weight excluding hydrogens is 238 g/mol. The van der Waals surface area contributed by atoms with E-state index < -0.39 is 17.7 Å². The monoisotopic (exact) mass is 252 g/mol. The highest BCUT2D eigenvalue weighted by Crippen LogP contribution is 2.23. The maximum atomic E-state index is 13.5. The molecule has 0 saturated carbocycles. The molecule has 1 aromatic heterocycles. The van der Waals surface area contributed by atoms with Crippen LogP contribution in [0.25, 0.3) is 0 Å². The van der Waals surface area contributed by atoms with Gasteiger partial charge < -0.3 is 5.11 Å². The van der Waals surface area contributed by atoms with E-state index in [4.69, 9.17) is 0 Å². The summed E-state index contributed by atoms with van der Waals surface area (Å²) in [6, 6.07) is 3.95. The molecule has 1 atom stereocenters. The number of aryl methyl sites for hydroxylation is 1. The molecule has 1 unspecified atom stereocenters. The first-order valence-electron chi connectivity index (χ1n) is 5.60. The number of halogens is 2. The van der Waals surface area contributed by atoms with E-state index in [0.717, 1.165) is 11.8 Å². The standard InChI is InChI=1S/C13H14F2N2O/c1-8-10(7-16-17(8)2)12(18)6-9-4-3-5-11(14)13(9)15/h3-5,7,12,18H,6H2,1-2H3. The van der Waals surface area contributed by atoms with Crippen molar-refractivity contribution in [3.8, 4) is 0 Å². The minimum absolute atomic E-state index is 0.0239. The Morgan fingerprint density at radius 2 is 2.11 bits per heavy atom. The highest BCUT2D eigenvalue weighted by atomic mass is 19.2. The smallest absolute Gasteiger partial charge is 0.162 e. The average Bonchev–Trinajstić information content (AvgIpc) is 2.66. The molecule has 0 fully saturated rings.